The zero-order chi connectivity index (χ0) is 28.8. The number of benzene rings is 2. The van der Waals surface area contributed by atoms with E-state index < -0.39 is 53.2 Å². The van der Waals surface area contributed by atoms with Crippen molar-refractivity contribution >= 4 is 39.6 Å². The number of primary amides is 1. The molecule has 1 fully saturated rings. The predicted molar refractivity (Wildman–Crippen MR) is 143 cm³/mol. The van der Waals surface area contributed by atoms with Crippen molar-refractivity contribution in [2.75, 3.05) is 12.4 Å². The third-order valence-corrected chi connectivity index (χ3v) is 6.80. The van der Waals surface area contributed by atoms with E-state index in [1.165, 1.54) is 19.2 Å². The summed E-state index contributed by atoms with van der Waals surface area (Å²) in [4.78, 5) is 37.1. The fourth-order valence-electron chi connectivity index (χ4n) is 5.00. The molecule has 1 saturated heterocycles. The molecule has 4 aromatic rings. The molecule has 40 heavy (non-hydrogen) atoms. The van der Waals surface area contributed by atoms with Gasteiger partial charge in [-0.2, -0.15) is 0 Å². The number of furan rings is 1. The molecule has 1 aliphatic heterocycles. The van der Waals surface area contributed by atoms with Gasteiger partial charge in [0.2, 0.25) is 6.29 Å². The predicted octanol–water partition coefficient (Wildman–Crippen LogP) is 4.19. The highest BCUT2D eigenvalue weighted by atomic mass is 16.7. The summed E-state index contributed by atoms with van der Waals surface area (Å²) >= 11 is 0. The van der Waals surface area contributed by atoms with E-state index in [-0.39, 0.29) is 23.2 Å². The van der Waals surface area contributed by atoms with Crippen molar-refractivity contribution in [2.24, 2.45) is 5.73 Å². The van der Waals surface area contributed by atoms with Crippen LogP contribution in [0.3, 0.4) is 0 Å². The summed E-state index contributed by atoms with van der Waals surface area (Å²) in [6.07, 6.45) is -3.04. The molecule has 12 heteroatoms. The van der Waals surface area contributed by atoms with Crippen LogP contribution in [-0.2, 0) is 14.2 Å². The quantitative estimate of drug-likeness (QED) is 0.294. The summed E-state index contributed by atoms with van der Waals surface area (Å²) in [6, 6.07) is 11.6. The van der Waals surface area contributed by atoms with Gasteiger partial charge in [0.15, 0.2) is 17.2 Å². The van der Waals surface area contributed by atoms with E-state index in [0.717, 1.165) is 0 Å². The van der Waals surface area contributed by atoms with Crippen molar-refractivity contribution in [3.05, 3.63) is 64.2 Å². The summed E-state index contributed by atoms with van der Waals surface area (Å²) in [7, 11) is 1.48. The SMILES string of the molecule is CO[C@@H]1[C@@H](OC(N)=O)C[C@H](Oc2ccc3c(O)c(NC(=O)c4cc5ccccc5o4)c(=O)oc3c2C)OC1(C)C. The molecule has 5 rings (SSSR count). The molecule has 0 unspecified atom stereocenters. The summed E-state index contributed by atoms with van der Waals surface area (Å²) in [5.74, 6) is -0.944. The number of carbonyl (C=O) groups excluding carboxylic acids is 2. The number of carbonyl (C=O) groups is 2. The van der Waals surface area contributed by atoms with Crippen LogP contribution < -0.4 is 21.4 Å². The van der Waals surface area contributed by atoms with Gasteiger partial charge in [-0.3, -0.25) is 4.79 Å². The maximum Gasteiger partial charge on any atom is 0.404 e. The molecule has 210 valence electrons. The van der Waals surface area contributed by atoms with Crippen LogP contribution in [0.5, 0.6) is 11.5 Å². The number of para-hydroxylation sites is 1. The Bertz CT molecular complexity index is 1640. The lowest BCUT2D eigenvalue weighted by molar-refractivity contribution is -0.263. The first-order valence-electron chi connectivity index (χ1n) is 12.4. The van der Waals surface area contributed by atoms with Crippen LogP contribution in [0.1, 0.15) is 36.4 Å². The van der Waals surface area contributed by atoms with E-state index in [1.54, 1.807) is 51.1 Å². The van der Waals surface area contributed by atoms with Crippen LogP contribution >= 0.6 is 0 Å². The number of rotatable bonds is 6. The summed E-state index contributed by atoms with van der Waals surface area (Å²) in [5.41, 5.74) is 3.88. The first-order chi connectivity index (χ1) is 19.0. The highest BCUT2D eigenvalue weighted by Crippen LogP contribution is 2.38. The average molecular weight is 553 g/mol. The Kier molecular flexibility index (Phi) is 6.90. The summed E-state index contributed by atoms with van der Waals surface area (Å²) in [6.45, 7) is 5.16. The standard InChI is InChI=1S/C28H28N2O10/c1-13-16(37-20-12-18(38-27(29)34)24(35-4)28(2,3)40-20)10-9-15-22(31)21(26(33)39-23(13)15)30-25(32)19-11-14-7-5-6-8-17(14)36-19/h5-11,18,20,24,31H,12H2,1-4H3,(H2,29,34)(H,30,32)/t18-,20+,24+/m0/s1. The van der Waals surface area contributed by atoms with Crippen molar-refractivity contribution in [1.29, 1.82) is 0 Å². The van der Waals surface area contributed by atoms with E-state index in [4.69, 9.17) is 33.5 Å². The molecule has 4 N–H and O–H groups in total. The van der Waals surface area contributed by atoms with Gasteiger partial charge in [0.1, 0.15) is 29.1 Å². The number of nitrogens with two attached hydrogens (primary N) is 1. The van der Waals surface area contributed by atoms with Crippen molar-refractivity contribution in [3.63, 3.8) is 0 Å². The van der Waals surface area contributed by atoms with Gasteiger partial charge >= 0.3 is 11.7 Å². The van der Waals surface area contributed by atoms with E-state index in [9.17, 15) is 19.5 Å². The molecule has 12 nitrogen and oxygen atoms in total. The maximum atomic E-state index is 12.8. The van der Waals surface area contributed by atoms with Gasteiger partial charge in [-0.25, -0.2) is 9.59 Å². The van der Waals surface area contributed by atoms with Gasteiger partial charge in [-0.05, 0) is 45.0 Å². The Balaban J connectivity index is 1.42. The van der Waals surface area contributed by atoms with Gasteiger partial charge in [-0.15, -0.1) is 0 Å². The molecule has 0 radical (unpaired) electrons. The molecule has 0 aliphatic carbocycles. The molecule has 1 aliphatic rings. The average Bonchev–Trinajstić information content (AvgIpc) is 3.32. The number of hydrogen-bond donors (Lipinski definition) is 3. The van der Waals surface area contributed by atoms with E-state index in [1.807, 2.05) is 0 Å². The number of methoxy groups -OCH3 is 1. The van der Waals surface area contributed by atoms with Crippen molar-refractivity contribution < 1.29 is 42.5 Å². The molecule has 3 heterocycles. The molecule has 0 spiro atoms. The number of aryl methyl sites for hydroxylation is 1. The highest BCUT2D eigenvalue weighted by molar-refractivity contribution is 6.06. The summed E-state index contributed by atoms with van der Waals surface area (Å²) < 4.78 is 33.9. The lowest BCUT2D eigenvalue weighted by Gasteiger charge is -2.45. The van der Waals surface area contributed by atoms with Crippen molar-refractivity contribution in [2.45, 2.75) is 51.3 Å². The van der Waals surface area contributed by atoms with Crippen LogP contribution in [0.15, 0.2) is 56.1 Å². The third kappa shape index (κ3) is 4.94. The monoisotopic (exact) mass is 552 g/mol. The Hall–Kier alpha value is -4.55. The van der Waals surface area contributed by atoms with Crippen LogP contribution in [0.2, 0.25) is 0 Å². The Morgan fingerprint density at radius 1 is 1.15 bits per heavy atom. The Morgan fingerprint density at radius 2 is 1.90 bits per heavy atom. The zero-order valence-corrected chi connectivity index (χ0v) is 22.2. The molecule has 0 saturated carbocycles. The van der Waals surface area contributed by atoms with Gasteiger partial charge < -0.3 is 43.9 Å². The second-order valence-corrected chi connectivity index (χ2v) is 9.92. The lowest BCUT2D eigenvalue weighted by Crippen LogP contribution is -2.58. The Morgan fingerprint density at radius 3 is 2.60 bits per heavy atom. The number of hydrogen-bond acceptors (Lipinski definition) is 10. The summed E-state index contributed by atoms with van der Waals surface area (Å²) in [5, 5.41) is 14.2. The van der Waals surface area contributed by atoms with Gasteiger partial charge in [0.05, 0.1) is 11.0 Å². The van der Waals surface area contributed by atoms with Gasteiger partial charge in [0, 0.05) is 24.5 Å². The number of amides is 2. The van der Waals surface area contributed by atoms with Crippen molar-refractivity contribution in [3.8, 4) is 11.5 Å². The minimum Gasteiger partial charge on any atom is -0.505 e. The molecule has 2 aromatic heterocycles. The largest absolute Gasteiger partial charge is 0.505 e. The fraction of sp³-hybridized carbons (Fsp3) is 0.321. The molecular weight excluding hydrogens is 524 g/mol. The molecular formula is C28H28N2O10. The minimum absolute atomic E-state index is 0.0373. The normalized spacial score (nSPS) is 20.4. The van der Waals surface area contributed by atoms with Crippen LogP contribution in [-0.4, -0.2) is 48.3 Å². The van der Waals surface area contributed by atoms with Crippen LogP contribution in [0, 0.1) is 6.92 Å². The van der Waals surface area contributed by atoms with E-state index >= 15 is 0 Å². The number of nitrogens with one attached hydrogen (secondary N) is 1. The minimum atomic E-state index is -0.970. The lowest BCUT2D eigenvalue weighted by atomic mass is 9.91. The maximum absolute atomic E-state index is 12.8. The molecule has 0 bridgehead atoms. The van der Waals surface area contributed by atoms with Crippen LogP contribution in [0.25, 0.3) is 21.9 Å². The second-order valence-electron chi connectivity index (χ2n) is 9.92. The fourth-order valence-corrected chi connectivity index (χ4v) is 5.00. The van der Waals surface area contributed by atoms with Crippen molar-refractivity contribution in [1.82, 2.24) is 0 Å². The number of fused-ring (bicyclic) bond motifs is 2. The molecule has 2 aromatic carbocycles. The smallest absolute Gasteiger partial charge is 0.404 e. The highest BCUT2D eigenvalue weighted by Gasteiger charge is 2.47. The van der Waals surface area contributed by atoms with E-state index in [2.05, 4.69) is 5.32 Å². The number of ether oxygens (including phenoxy) is 4. The molecule has 2 amide bonds. The number of anilines is 1. The second kappa shape index (κ2) is 10.2. The van der Waals surface area contributed by atoms with Crippen LogP contribution in [0.4, 0.5) is 10.5 Å². The third-order valence-electron chi connectivity index (χ3n) is 6.80. The van der Waals surface area contributed by atoms with Gasteiger partial charge in [-0.1, -0.05) is 18.2 Å². The topological polar surface area (TPSA) is 173 Å². The van der Waals surface area contributed by atoms with E-state index in [0.29, 0.717) is 22.3 Å². The zero-order valence-electron chi connectivity index (χ0n) is 22.2. The number of aromatic hydroxyl groups is 1. The Labute approximate surface area is 227 Å². The first kappa shape index (κ1) is 27.0. The molecule has 3 atom stereocenters. The first-order valence-corrected chi connectivity index (χ1v) is 12.4. The van der Waals surface area contributed by atoms with Gasteiger partial charge in [0.25, 0.3) is 5.91 Å².